The minimum atomic E-state index is -3.79. The van der Waals surface area contributed by atoms with Gasteiger partial charge in [-0.2, -0.15) is 8.42 Å². The SMILES string of the molecule is CCC(C)OS(=O)(=O)O[Si](C)(C)C. The van der Waals surface area contributed by atoms with Crippen LogP contribution in [0.1, 0.15) is 20.3 Å². The van der Waals surface area contributed by atoms with Crippen LogP contribution >= 0.6 is 0 Å². The Balaban J connectivity index is 4.27. The maximum atomic E-state index is 11.2. The standard InChI is InChI=1S/C7H18O4SSi/c1-6-7(2)10-12(8,9)11-13(3,4)5/h7H,6H2,1-5H3. The third-order valence-electron chi connectivity index (χ3n) is 1.21. The van der Waals surface area contributed by atoms with Crippen LogP contribution in [0.5, 0.6) is 0 Å². The quantitative estimate of drug-likeness (QED) is 0.672. The van der Waals surface area contributed by atoms with Gasteiger partial charge in [0.2, 0.25) is 8.32 Å². The van der Waals surface area contributed by atoms with E-state index < -0.39 is 18.7 Å². The average molecular weight is 226 g/mol. The Morgan fingerprint density at radius 3 is 2.08 bits per heavy atom. The molecular weight excluding hydrogens is 208 g/mol. The van der Waals surface area contributed by atoms with Gasteiger partial charge in [-0.25, -0.2) is 4.18 Å². The highest BCUT2D eigenvalue weighted by atomic mass is 32.3. The van der Waals surface area contributed by atoms with E-state index in [1.165, 1.54) is 0 Å². The molecule has 0 fully saturated rings. The fourth-order valence-corrected chi connectivity index (χ4v) is 3.74. The summed E-state index contributed by atoms with van der Waals surface area (Å²) in [5.74, 6) is 0. The van der Waals surface area contributed by atoms with E-state index in [4.69, 9.17) is 8.06 Å². The molecule has 4 nitrogen and oxygen atoms in total. The molecule has 13 heavy (non-hydrogen) atoms. The summed E-state index contributed by atoms with van der Waals surface area (Å²) in [4.78, 5) is 0. The summed E-state index contributed by atoms with van der Waals surface area (Å²) in [5, 5.41) is 0. The normalized spacial score (nSPS) is 15.8. The number of hydrogen-bond donors (Lipinski definition) is 0. The molecule has 0 aliphatic heterocycles. The van der Waals surface area contributed by atoms with Crippen molar-refractivity contribution in [3.8, 4) is 0 Å². The summed E-state index contributed by atoms with van der Waals surface area (Å²) in [7, 11) is -5.87. The van der Waals surface area contributed by atoms with Crippen LogP contribution in [0.25, 0.3) is 0 Å². The fraction of sp³-hybridized carbons (Fsp3) is 1.00. The summed E-state index contributed by atoms with van der Waals surface area (Å²) in [6.45, 7) is 8.94. The van der Waals surface area contributed by atoms with Gasteiger partial charge in [-0.15, -0.1) is 0 Å². The lowest BCUT2D eigenvalue weighted by Crippen LogP contribution is -2.31. The molecule has 0 radical (unpaired) electrons. The van der Waals surface area contributed by atoms with Gasteiger partial charge in [0.15, 0.2) is 0 Å². The van der Waals surface area contributed by atoms with Crippen molar-refractivity contribution >= 4 is 18.7 Å². The van der Waals surface area contributed by atoms with Crippen molar-refractivity contribution in [2.75, 3.05) is 0 Å². The summed E-state index contributed by atoms with van der Waals surface area (Å²) in [5.41, 5.74) is 0. The smallest absolute Gasteiger partial charge is 0.294 e. The molecule has 1 unspecified atom stereocenters. The van der Waals surface area contributed by atoms with Crippen molar-refractivity contribution in [3.63, 3.8) is 0 Å². The highest BCUT2D eigenvalue weighted by Gasteiger charge is 2.26. The largest absolute Gasteiger partial charge is 0.390 e. The van der Waals surface area contributed by atoms with Crippen LogP contribution in [0.4, 0.5) is 0 Å². The van der Waals surface area contributed by atoms with Crippen molar-refractivity contribution in [3.05, 3.63) is 0 Å². The Bertz CT molecular complexity index is 242. The molecule has 0 aromatic carbocycles. The molecule has 6 heteroatoms. The first-order valence-electron chi connectivity index (χ1n) is 4.30. The highest BCUT2D eigenvalue weighted by Crippen LogP contribution is 2.12. The molecule has 0 N–H and O–H groups in total. The Labute approximate surface area is 81.7 Å². The van der Waals surface area contributed by atoms with E-state index in [1.54, 1.807) is 26.6 Å². The van der Waals surface area contributed by atoms with Crippen molar-refractivity contribution < 1.29 is 16.5 Å². The zero-order valence-corrected chi connectivity index (χ0v) is 10.6. The van der Waals surface area contributed by atoms with Gasteiger partial charge in [0, 0.05) is 0 Å². The van der Waals surface area contributed by atoms with Crippen molar-refractivity contribution in [1.29, 1.82) is 0 Å². The van der Waals surface area contributed by atoms with Gasteiger partial charge in [0.05, 0.1) is 6.10 Å². The molecule has 0 saturated heterocycles. The molecule has 0 aliphatic rings. The van der Waals surface area contributed by atoms with Crippen LogP contribution in [0.3, 0.4) is 0 Å². The third kappa shape index (κ3) is 7.18. The lowest BCUT2D eigenvalue weighted by Gasteiger charge is -2.18. The van der Waals surface area contributed by atoms with Gasteiger partial charge in [-0.3, -0.25) is 3.87 Å². The summed E-state index contributed by atoms with van der Waals surface area (Å²) < 4.78 is 32.0. The Morgan fingerprint density at radius 1 is 1.31 bits per heavy atom. The predicted octanol–water partition coefficient (Wildman–Crippen LogP) is 1.90. The Morgan fingerprint density at radius 2 is 1.77 bits per heavy atom. The van der Waals surface area contributed by atoms with E-state index in [9.17, 15) is 8.42 Å². The molecule has 0 saturated carbocycles. The maximum Gasteiger partial charge on any atom is 0.390 e. The summed E-state index contributed by atoms with van der Waals surface area (Å²) in [6.07, 6.45) is 0.329. The second-order valence-electron chi connectivity index (χ2n) is 3.92. The molecule has 0 spiro atoms. The fourth-order valence-electron chi connectivity index (χ4n) is 0.595. The van der Waals surface area contributed by atoms with Crippen molar-refractivity contribution in [1.82, 2.24) is 0 Å². The first-order valence-corrected chi connectivity index (χ1v) is 9.04. The maximum absolute atomic E-state index is 11.2. The third-order valence-corrected chi connectivity index (χ3v) is 4.59. The minimum absolute atomic E-state index is 0.318. The van der Waals surface area contributed by atoms with E-state index in [-0.39, 0.29) is 6.10 Å². The number of rotatable bonds is 5. The van der Waals surface area contributed by atoms with Gasteiger partial charge in [0.25, 0.3) is 0 Å². The summed E-state index contributed by atoms with van der Waals surface area (Å²) in [6, 6.07) is 0. The highest BCUT2D eigenvalue weighted by molar-refractivity contribution is 7.83. The molecule has 0 bridgehead atoms. The molecule has 0 aromatic heterocycles. The molecule has 0 rings (SSSR count). The molecule has 0 amide bonds. The molecule has 0 aromatic rings. The van der Waals surface area contributed by atoms with Crippen LogP contribution in [0.2, 0.25) is 19.6 Å². The van der Waals surface area contributed by atoms with Crippen LogP contribution in [-0.4, -0.2) is 22.8 Å². The average Bonchev–Trinajstić information content (AvgIpc) is 1.80. The van der Waals surface area contributed by atoms with Gasteiger partial charge >= 0.3 is 10.4 Å². The first-order chi connectivity index (χ1) is 5.66. The minimum Gasteiger partial charge on any atom is -0.294 e. The molecular formula is C7H18O4SSi. The summed E-state index contributed by atoms with van der Waals surface area (Å²) >= 11 is 0. The van der Waals surface area contributed by atoms with Crippen LogP contribution in [-0.2, 0) is 18.5 Å². The zero-order chi connectivity index (χ0) is 10.7. The second-order valence-corrected chi connectivity index (χ2v) is 9.82. The topological polar surface area (TPSA) is 52.6 Å². The number of hydrogen-bond acceptors (Lipinski definition) is 4. The Kier molecular flexibility index (Phi) is 4.57. The van der Waals surface area contributed by atoms with E-state index in [1.807, 2.05) is 6.92 Å². The zero-order valence-electron chi connectivity index (χ0n) is 8.83. The lowest BCUT2D eigenvalue weighted by atomic mass is 10.3. The molecule has 1 atom stereocenters. The van der Waals surface area contributed by atoms with E-state index >= 15 is 0 Å². The Hall–Kier alpha value is 0.0869. The molecule has 0 aliphatic carbocycles. The van der Waals surface area contributed by atoms with Gasteiger partial charge in [-0.1, -0.05) is 6.92 Å². The lowest BCUT2D eigenvalue weighted by molar-refractivity contribution is 0.196. The van der Waals surface area contributed by atoms with E-state index in [0.29, 0.717) is 6.42 Å². The second kappa shape index (κ2) is 4.54. The van der Waals surface area contributed by atoms with E-state index in [2.05, 4.69) is 0 Å². The van der Waals surface area contributed by atoms with Crippen molar-refractivity contribution in [2.24, 2.45) is 0 Å². The van der Waals surface area contributed by atoms with Crippen LogP contribution in [0, 0.1) is 0 Å². The van der Waals surface area contributed by atoms with Gasteiger partial charge in [-0.05, 0) is 33.0 Å². The monoisotopic (exact) mass is 226 g/mol. The van der Waals surface area contributed by atoms with Gasteiger partial charge in [0.1, 0.15) is 0 Å². The first kappa shape index (κ1) is 13.1. The molecule has 80 valence electrons. The van der Waals surface area contributed by atoms with Crippen molar-refractivity contribution in [2.45, 2.75) is 46.0 Å². The van der Waals surface area contributed by atoms with Gasteiger partial charge < -0.3 is 0 Å². The molecule has 0 heterocycles. The predicted molar refractivity (Wildman–Crippen MR) is 54.2 cm³/mol. The van der Waals surface area contributed by atoms with Crippen LogP contribution < -0.4 is 0 Å². The van der Waals surface area contributed by atoms with Crippen LogP contribution in [0.15, 0.2) is 0 Å². The van der Waals surface area contributed by atoms with E-state index in [0.717, 1.165) is 0 Å².